The van der Waals surface area contributed by atoms with Crippen LogP contribution in [0.3, 0.4) is 0 Å². The molecule has 12 heteroatoms. The standard InChI is InChI=1S/C23H31N5O3.2CH2O2/c1-5-17(26-21(29)15(3)24-4)23(31)28-13-7-9-19(28)22(30)27-20-14(2)10-11-18-16(20)8-6-12-25-18;2*2-1-3/h6,8,10-12,15,17,19,24H,5,7,9,13H2,1-4H3,(H,26,29)(H,27,30);2*1H,(H,2,3)/t15-,17-,19-;;/m0../s1. The predicted molar refractivity (Wildman–Crippen MR) is 138 cm³/mol. The van der Waals surface area contributed by atoms with Gasteiger partial charge >= 0.3 is 0 Å². The molecule has 1 saturated heterocycles. The number of nitrogens with one attached hydrogen (secondary N) is 3. The molecule has 3 atom stereocenters. The fraction of sp³-hybridized carbons (Fsp3) is 0.440. The Morgan fingerprint density at radius 3 is 2.43 bits per heavy atom. The molecule has 0 aliphatic carbocycles. The lowest BCUT2D eigenvalue weighted by Crippen LogP contribution is -2.54. The number of carbonyl (C=O) groups excluding carboxylic acids is 3. The normalized spacial score (nSPS) is 15.7. The molecule has 2 aromatic rings. The molecular weight excluding hydrogens is 482 g/mol. The molecule has 2 heterocycles. The van der Waals surface area contributed by atoms with Gasteiger partial charge in [-0.05, 0) is 63.9 Å². The van der Waals surface area contributed by atoms with E-state index in [2.05, 4.69) is 20.9 Å². The average molecular weight is 518 g/mol. The highest BCUT2D eigenvalue weighted by Gasteiger charge is 2.37. The molecule has 5 N–H and O–H groups in total. The first-order chi connectivity index (χ1) is 17.7. The van der Waals surface area contributed by atoms with Crippen molar-refractivity contribution in [3.63, 3.8) is 0 Å². The molecule has 202 valence electrons. The van der Waals surface area contributed by atoms with E-state index in [0.29, 0.717) is 19.4 Å². The van der Waals surface area contributed by atoms with Gasteiger partial charge in [-0.3, -0.25) is 29.0 Å². The number of rotatable bonds is 7. The summed E-state index contributed by atoms with van der Waals surface area (Å²) in [6, 6.07) is 5.99. The van der Waals surface area contributed by atoms with Gasteiger partial charge in [0.2, 0.25) is 17.7 Å². The van der Waals surface area contributed by atoms with Crippen LogP contribution in [0.15, 0.2) is 30.5 Å². The number of fused-ring (bicyclic) bond motifs is 1. The Morgan fingerprint density at radius 2 is 1.84 bits per heavy atom. The third kappa shape index (κ3) is 8.53. The van der Waals surface area contributed by atoms with E-state index in [0.717, 1.165) is 28.6 Å². The minimum absolute atomic E-state index is 0.213. The highest BCUT2D eigenvalue weighted by atomic mass is 16.3. The summed E-state index contributed by atoms with van der Waals surface area (Å²) in [5.74, 6) is -0.662. The number of anilines is 1. The minimum Gasteiger partial charge on any atom is -0.483 e. The molecule has 1 aliphatic heterocycles. The molecule has 1 aliphatic rings. The Bertz CT molecular complexity index is 1070. The Hall–Kier alpha value is -4.06. The smallest absolute Gasteiger partial charge is 0.290 e. The Labute approximate surface area is 215 Å². The van der Waals surface area contributed by atoms with Crippen LogP contribution in [0.25, 0.3) is 10.9 Å². The quantitative estimate of drug-likeness (QED) is 0.339. The summed E-state index contributed by atoms with van der Waals surface area (Å²) >= 11 is 0. The summed E-state index contributed by atoms with van der Waals surface area (Å²) in [4.78, 5) is 61.3. The first-order valence-corrected chi connectivity index (χ1v) is 11.8. The second-order valence-corrected chi connectivity index (χ2v) is 8.20. The summed E-state index contributed by atoms with van der Waals surface area (Å²) in [6.45, 7) is 5.52. The van der Waals surface area contributed by atoms with Crippen LogP contribution in [0.5, 0.6) is 0 Å². The molecule has 37 heavy (non-hydrogen) atoms. The maximum absolute atomic E-state index is 13.2. The molecule has 12 nitrogen and oxygen atoms in total. The van der Waals surface area contributed by atoms with Gasteiger partial charge in [0.25, 0.3) is 12.9 Å². The van der Waals surface area contributed by atoms with Gasteiger partial charge in [-0.1, -0.05) is 13.0 Å². The number of pyridine rings is 1. The zero-order valence-electron chi connectivity index (χ0n) is 21.4. The van der Waals surface area contributed by atoms with Crippen molar-refractivity contribution in [2.45, 2.75) is 58.2 Å². The van der Waals surface area contributed by atoms with E-state index >= 15 is 0 Å². The Kier molecular flexibility index (Phi) is 13.3. The van der Waals surface area contributed by atoms with Crippen molar-refractivity contribution in [1.82, 2.24) is 20.5 Å². The van der Waals surface area contributed by atoms with E-state index < -0.39 is 18.1 Å². The number of amides is 3. The number of hydrogen-bond acceptors (Lipinski definition) is 7. The van der Waals surface area contributed by atoms with E-state index in [1.165, 1.54) is 0 Å². The SMILES string of the molecule is CC[C@H](NC(=O)[C@H](C)NC)C(=O)N1CCC[C@H]1C(=O)Nc1c(C)ccc2ncccc12.O=CO.O=CO. The van der Waals surface area contributed by atoms with Crippen LogP contribution in [0.1, 0.15) is 38.7 Å². The Morgan fingerprint density at radius 1 is 1.19 bits per heavy atom. The van der Waals surface area contributed by atoms with Crippen LogP contribution in [0.2, 0.25) is 0 Å². The second-order valence-electron chi connectivity index (χ2n) is 8.20. The largest absolute Gasteiger partial charge is 0.483 e. The number of carboxylic acid groups (broad SMARTS) is 2. The molecule has 0 saturated carbocycles. The fourth-order valence-corrected chi connectivity index (χ4v) is 3.90. The molecule has 0 bridgehead atoms. The van der Waals surface area contributed by atoms with Gasteiger partial charge in [0, 0.05) is 18.1 Å². The number of likely N-dealkylation sites (N-methyl/N-ethyl adjacent to an activating group) is 1. The van der Waals surface area contributed by atoms with Crippen LogP contribution >= 0.6 is 0 Å². The van der Waals surface area contributed by atoms with E-state index in [9.17, 15) is 14.4 Å². The molecule has 0 spiro atoms. The van der Waals surface area contributed by atoms with Crippen LogP contribution in [0.4, 0.5) is 5.69 Å². The number of aryl methyl sites for hydroxylation is 1. The van der Waals surface area contributed by atoms with Gasteiger partial charge in [-0.25, -0.2) is 0 Å². The van der Waals surface area contributed by atoms with Crippen LogP contribution in [-0.2, 0) is 24.0 Å². The first-order valence-electron chi connectivity index (χ1n) is 11.8. The van der Waals surface area contributed by atoms with E-state index in [1.54, 1.807) is 25.1 Å². The zero-order valence-corrected chi connectivity index (χ0v) is 21.4. The summed E-state index contributed by atoms with van der Waals surface area (Å²) in [5.41, 5.74) is 2.46. The lowest BCUT2D eigenvalue weighted by molar-refractivity contribution is -0.140. The molecule has 0 radical (unpaired) electrons. The van der Waals surface area contributed by atoms with E-state index in [1.807, 2.05) is 38.1 Å². The summed E-state index contributed by atoms with van der Waals surface area (Å²) in [7, 11) is 1.69. The topological polar surface area (TPSA) is 178 Å². The van der Waals surface area contributed by atoms with E-state index in [-0.39, 0.29) is 30.7 Å². The van der Waals surface area contributed by atoms with Gasteiger partial charge in [-0.2, -0.15) is 0 Å². The van der Waals surface area contributed by atoms with Crippen LogP contribution in [-0.4, -0.2) is 82.5 Å². The lowest BCUT2D eigenvalue weighted by Gasteiger charge is -2.29. The van der Waals surface area contributed by atoms with Crippen molar-refractivity contribution in [2.75, 3.05) is 18.9 Å². The average Bonchev–Trinajstić information content (AvgIpc) is 3.39. The number of carbonyl (C=O) groups is 5. The predicted octanol–water partition coefficient (Wildman–Crippen LogP) is 1.38. The summed E-state index contributed by atoms with van der Waals surface area (Å²) in [6.07, 6.45) is 3.52. The highest BCUT2D eigenvalue weighted by molar-refractivity contribution is 6.05. The number of hydrogen-bond donors (Lipinski definition) is 5. The van der Waals surface area contributed by atoms with Gasteiger partial charge < -0.3 is 31.1 Å². The third-order valence-electron chi connectivity index (χ3n) is 5.93. The van der Waals surface area contributed by atoms with Crippen molar-refractivity contribution in [3.8, 4) is 0 Å². The first kappa shape index (κ1) is 31.0. The second kappa shape index (κ2) is 15.8. The Balaban J connectivity index is 0.00000104. The minimum atomic E-state index is -0.653. The third-order valence-corrected chi connectivity index (χ3v) is 5.93. The summed E-state index contributed by atoms with van der Waals surface area (Å²) in [5, 5.41) is 23.4. The molecule has 1 fully saturated rings. The van der Waals surface area contributed by atoms with Crippen LogP contribution in [0, 0.1) is 6.92 Å². The molecule has 1 aromatic heterocycles. The van der Waals surface area contributed by atoms with Crippen molar-refractivity contribution >= 4 is 47.3 Å². The molecule has 0 unspecified atom stereocenters. The zero-order chi connectivity index (χ0) is 28.0. The fourth-order valence-electron chi connectivity index (χ4n) is 3.90. The molecule has 1 aromatic carbocycles. The number of aromatic nitrogens is 1. The number of nitrogens with zero attached hydrogens (tertiary/aromatic N) is 2. The molecule has 3 amide bonds. The van der Waals surface area contributed by atoms with Gasteiger partial charge in [0.15, 0.2) is 0 Å². The maximum atomic E-state index is 13.2. The summed E-state index contributed by atoms with van der Waals surface area (Å²) < 4.78 is 0. The maximum Gasteiger partial charge on any atom is 0.290 e. The highest BCUT2D eigenvalue weighted by Crippen LogP contribution is 2.27. The number of benzene rings is 1. The van der Waals surface area contributed by atoms with Crippen molar-refractivity contribution in [2.24, 2.45) is 0 Å². The van der Waals surface area contributed by atoms with Gasteiger partial charge in [0.05, 0.1) is 17.2 Å². The van der Waals surface area contributed by atoms with Crippen molar-refractivity contribution < 1.29 is 34.2 Å². The van der Waals surface area contributed by atoms with Crippen molar-refractivity contribution in [3.05, 3.63) is 36.0 Å². The number of likely N-dealkylation sites (tertiary alicyclic amines) is 1. The molecule has 3 rings (SSSR count). The monoisotopic (exact) mass is 517 g/mol. The van der Waals surface area contributed by atoms with Crippen LogP contribution < -0.4 is 16.0 Å². The van der Waals surface area contributed by atoms with E-state index in [4.69, 9.17) is 19.8 Å². The van der Waals surface area contributed by atoms with Gasteiger partial charge in [0.1, 0.15) is 12.1 Å². The lowest BCUT2D eigenvalue weighted by atomic mass is 10.1. The molecular formula is C25H35N5O7. The van der Waals surface area contributed by atoms with Crippen molar-refractivity contribution in [1.29, 1.82) is 0 Å². The van der Waals surface area contributed by atoms with Gasteiger partial charge in [-0.15, -0.1) is 0 Å².